The van der Waals surface area contributed by atoms with Crippen LogP contribution in [-0.4, -0.2) is 11.8 Å². The van der Waals surface area contributed by atoms with E-state index in [1.54, 1.807) is 24.3 Å². The highest BCUT2D eigenvalue weighted by Gasteiger charge is 2.47. The summed E-state index contributed by atoms with van der Waals surface area (Å²) in [6.45, 7) is 0. The lowest BCUT2D eigenvalue weighted by molar-refractivity contribution is -0.122. The minimum atomic E-state index is -0.181. The number of benzene rings is 1. The number of nitrogens with zero attached hydrogens (tertiary/aromatic N) is 1. The molecule has 1 saturated heterocycles. The minimum Gasteiger partial charge on any atom is -0.399 e. The maximum absolute atomic E-state index is 12.3. The summed E-state index contributed by atoms with van der Waals surface area (Å²) in [5, 5.41) is 0. The monoisotopic (exact) mass is 242 g/mol. The lowest BCUT2D eigenvalue weighted by atomic mass is 9.85. The Morgan fingerprint density at radius 2 is 1.44 bits per heavy atom. The molecule has 2 unspecified atom stereocenters. The molecule has 4 nitrogen and oxygen atoms in total. The Kier molecular flexibility index (Phi) is 2.44. The van der Waals surface area contributed by atoms with Crippen LogP contribution in [0.15, 0.2) is 36.4 Å². The fourth-order valence-electron chi connectivity index (χ4n) is 2.68. The van der Waals surface area contributed by atoms with Gasteiger partial charge in [0.15, 0.2) is 0 Å². The number of carbonyl (C=O) groups excluding carboxylic acids is 2. The fourth-order valence-corrected chi connectivity index (χ4v) is 2.68. The number of rotatable bonds is 1. The van der Waals surface area contributed by atoms with Crippen molar-refractivity contribution >= 4 is 23.2 Å². The summed E-state index contributed by atoms with van der Waals surface area (Å²) in [6.07, 6.45) is 5.30. The summed E-state index contributed by atoms with van der Waals surface area (Å²) in [5.41, 5.74) is 6.85. The van der Waals surface area contributed by atoms with Gasteiger partial charge in [-0.05, 0) is 37.1 Å². The molecule has 1 heterocycles. The van der Waals surface area contributed by atoms with Crippen molar-refractivity contribution in [1.82, 2.24) is 0 Å². The Balaban J connectivity index is 1.96. The van der Waals surface area contributed by atoms with Gasteiger partial charge in [0.2, 0.25) is 11.8 Å². The van der Waals surface area contributed by atoms with Crippen LogP contribution >= 0.6 is 0 Å². The Morgan fingerprint density at radius 1 is 0.944 bits per heavy atom. The van der Waals surface area contributed by atoms with Gasteiger partial charge in [-0.3, -0.25) is 14.5 Å². The zero-order valence-electron chi connectivity index (χ0n) is 9.87. The molecular weight excluding hydrogens is 228 g/mol. The number of hydrogen-bond donors (Lipinski definition) is 1. The predicted octanol–water partition coefficient (Wildman–Crippen LogP) is 1.72. The van der Waals surface area contributed by atoms with Gasteiger partial charge in [0, 0.05) is 5.69 Å². The van der Waals surface area contributed by atoms with Crippen molar-refractivity contribution in [2.45, 2.75) is 12.8 Å². The molecular formula is C14H14N2O2. The van der Waals surface area contributed by atoms with E-state index in [2.05, 4.69) is 0 Å². The first kappa shape index (κ1) is 11.0. The quantitative estimate of drug-likeness (QED) is 0.463. The van der Waals surface area contributed by atoms with Crippen LogP contribution in [0, 0.1) is 11.8 Å². The predicted molar refractivity (Wildman–Crippen MR) is 68.7 cm³/mol. The first-order valence-electron chi connectivity index (χ1n) is 6.07. The number of anilines is 2. The largest absolute Gasteiger partial charge is 0.399 e. The van der Waals surface area contributed by atoms with Crippen molar-refractivity contribution in [3.63, 3.8) is 0 Å². The molecule has 2 amide bonds. The molecule has 0 bridgehead atoms. The van der Waals surface area contributed by atoms with E-state index in [1.807, 2.05) is 12.2 Å². The minimum absolute atomic E-state index is 0.0841. The second-order valence-electron chi connectivity index (χ2n) is 4.76. The van der Waals surface area contributed by atoms with E-state index >= 15 is 0 Å². The summed E-state index contributed by atoms with van der Waals surface area (Å²) in [4.78, 5) is 25.9. The molecule has 4 heteroatoms. The molecule has 0 saturated carbocycles. The topological polar surface area (TPSA) is 63.4 Å². The molecule has 92 valence electrons. The highest BCUT2D eigenvalue weighted by molar-refractivity contribution is 6.22. The van der Waals surface area contributed by atoms with Crippen LogP contribution in [-0.2, 0) is 9.59 Å². The molecule has 1 aliphatic carbocycles. The summed E-state index contributed by atoms with van der Waals surface area (Å²) < 4.78 is 0. The molecule has 2 N–H and O–H groups in total. The highest BCUT2D eigenvalue weighted by atomic mass is 16.2. The van der Waals surface area contributed by atoms with E-state index in [4.69, 9.17) is 5.73 Å². The van der Waals surface area contributed by atoms with Gasteiger partial charge in [0.05, 0.1) is 17.5 Å². The third-order valence-electron chi connectivity index (χ3n) is 3.66. The summed E-state index contributed by atoms with van der Waals surface area (Å²) in [5.74, 6) is -0.529. The summed E-state index contributed by atoms with van der Waals surface area (Å²) in [7, 11) is 0. The standard InChI is InChI=1S/C14H14N2O2/c15-9-5-7-10(8-6-9)16-13(17)11-3-1-2-4-12(11)14(16)18/h1-2,5-8,11-12H,3-4,15H2. The molecule has 18 heavy (non-hydrogen) atoms. The Hall–Kier alpha value is -2.10. The lowest BCUT2D eigenvalue weighted by Gasteiger charge is -2.14. The molecule has 0 spiro atoms. The highest BCUT2D eigenvalue weighted by Crippen LogP contribution is 2.37. The van der Waals surface area contributed by atoms with Crippen LogP contribution < -0.4 is 10.6 Å². The Bertz CT molecular complexity index is 507. The van der Waals surface area contributed by atoms with Crippen molar-refractivity contribution in [3.05, 3.63) is 36.4 Å². The first-order chi connectivity index (χ1) is 8.68. The Morgan fingerprint density at radius 3 is 1.94 bits per heavy atom. The normalized spacial score (nSPS) is 26.6. The molecule has 2 atom stereocenters. The molecule has 1 fully saturated rings. The van der Waals surface area contributed by atoms with Gasteiger partial charge < -0.3 is 5.73 Å². The number of amides is 2. The number of imide groups is 1. The first-order valence-corrected chi connectivity index (χ1v) is 6.07. The molecule has 0 aromatic heterocycles. The molecule has 0 radical (unpaired) electrons. The second kappa shape index (κ2) is 3.98. The van der Waals surface area contributed by atoms with Crippen LogP contribution in [0.25, 0.3) is 0 Å². The lowest BCUT2D eigenvalue weighted by Crippen LogP contribution is -2.30. The fraction of sp³-hybridized carbons (Fsp3) is 0.286. The van der Waals surface area contributed by atoms with E-state index in [1.165, 1.54) is 4.90 Å². The second-order valence-corrected chi connectivity index (χ2v) is 4.76. The van der Waals surface area contributed by atoms with Crippen LogP contribution in [0.5, 0.6) is 0 Å². The van der Waals surface area contributed by atoms with Crippen LogP contribution in [0.1, 0.15) is 12.8 Å². The molecule has 3 rings (SSSR count). The van der Waals surface area contributed by atoms with E-state index in [0.717, 1.165) is 0 Å². The van der Waals surface area contributed by atoms with E-state index in [9.17, 15) is 9.59 Å². The van der Waals surface area contributed by atoms with Crippen LogP contribution in [0.4, 0.5) is 11.4 Å². The Labute approximate surface area is 105 Å². The van der Waals surface area contributed by atoms with Gasteiger partial charge in [-0.15, -0.1) is 0 Å². The van der Waals surface area contributed by atoms with Gasteiger partial charge in [0.25, 0.3) is 0 Å². The zero-order valence-corrected chi connectivity index (χ0v) is 9.87. The van der Waals surface area contributed by atoms with Gasteiger partial charge in [-0.25, -0.2) is 0 Å². The van der Waals surface area contributed by atoms with Crippen molar-refractivity contribution in [2.75, 3.05) is 10.6 Å². The van der Waals surface area contributed by atoms with Gasteiger partial charge in [-0.2, -0.15) is 0 Å². The van der Waals surface area contributed by atoms with Crippen molar-refractivity contribution in [1.29, 1.82) is 0 Å². The number of fused-ring (bicyclic) bond motifs is 1. The summed E-state index contributed by atoms with van der Waals surface area (Å²) in [6, 6.07) is 6.85. The van der Waals surface area contributed by atoms with Gasteiger partial charge >= 0.3 is 0 Å². The van der Waals surface area contributed by atoms with Gasteiger partial charge in [-0.1, -0.05) is 12.2 Å². The van der Waals surface area contributed by atoms with E-state index < -0.39 is 0 Å². The maximum atomic E-state index is 12.3. The number of allylic oxidation sites excluding steroid dienone is 2. The van der Waals surface area contributed by atoms with Crippen LogP contribution in [0.2, 0.25) is 0 Å². The third kappa shape index (κ3) is 1.53. The number of nitrogen functional groups attached to an aromatic ring is 1. The van der Waals surface area contributed by atoms with E-state index in [-0.39, 0.29) is 23.7 Å². The molecule has 1 aromatic rings. The summed E-state index contributed by atoms with van der Waals surface area (Å²) >= 11 is 0. The average molecular weight is 242 g/mol. The van der Waals surface area contributed by atoms with Crippen LogP contribution in [0.3, 0.4) is 0 Å². The third-order valence-corrected chi connectivity index (χ3v) is 3.66. The average Bonchev–Trinajstić information content (AvgIpc) is 2.64. The smallest absolute Gasteiger partial charge is 0.238 e. The van der Waals surface area contributed by atoms with Crippen molar-refractivity contribution in [3.8, 4) is 0 Å². The molecule has 2 aliphatic rings. The number of nitrogens with two attached hydrogens (primary N) is 1. The maximum Gasteiger partial charge on any atom is 0.238 e. The zero-order chi connectivity index (χ0) is 12.7. The van der Waals surface area contributed by atoms with E-state index in [0.29, 0.717) is 24.2 Å². The number of carbonyl (C=O) groups is 2. The van der Waals surface area contributed by atoms with Crippen molar-refractivity contribution in [2.24, 2.45) is 11.8 Å². The SMILES string of the molecule is Nc1ccc(N2C(=O)C3CC=CCC3C2=O)cc1. The number of hydrogen-bond acceptors (Lipinski definition) is 3. The molecule has 1 aromatic carbocycles. The van der Waals surface area contributed by atoms with Crippen molar-refractivity contribution < 1.29 is 9.59 Å². The van der Waals surface area contributed by atoms with Gasteiger partial charge in [0.1, 0.15) is 0 Å². The molecule has 1 aliphatic heterocycles.